The molecule has 0 heterocycles. The van der Waals surface area contributed by atoms with Crippen molar-refractivity contribution >= 4 is 12.2 Å². The highest BCUT2D eigenvalue weighted by Crippen LogP contribution is 2.32. The highest BCUT2D eigenvalue weighted by Gasteiger charge is 2.19. The third kappa shape index (κ3) is 3.89. The Labute approximate surface area is 129 Å². The predicted molar refractivity (Wildman–Crippen MR) is 79.4 cm³/mol. The van der Waals surface area contributed by atoms with Crippen LogP contribution >= 0.6 is 0 Å². The molecule has 0 aliphatic heterocycles. The fourth-order valence-corrected chi connectivity index (χ4v) is 2.33. The molecule has 0 aromatic heterocycles. The topological polar surface area (TPSA) is 91.9 Å². The quantitative estimate of drug-likeness (QED) is 0.457. The lowest BCUT2D eigenvalue weighted by molar-refractivity contribution is 0.182. The van der Waals surface area contributed by atoms with Gasteiger partial charge in [-0.3, -0.25) is 0 Å². The van der Waals surface area contributed by atoms with Crippen LogP contribution < -0.4 is 0 Å². The second-order valence-corrected chi connectivity index (χ2v) is 4.97. The van der Waals surface area contributed by atoms with Crippen molar-refractivity contribution in [2.75, 3.05) is 0 Å². The van der Waals surface area contributed by atoms with Gasteiger partial charge >= 0.3 is 0 Å². The fraction of sp³-hybridized carbons (Fsp3) is 0.438. The van der Waals surface area contributed by atoms with Crippen LogP contribution in [0.2, 0.25) is 0 Å². The van der Waals surface area contributed by atoms with E-state index in [1.165, 1.54) is 0 Å². The van der Waals surface area contributed by atoms with Crippen LogP contribution in [0.15, 0.2) is 22.1 Å². The maximum Gasteiger partial charge on any atom is 0.286 e. The first-order valence-electron chi connectivity index (χ1n) is 6.79. The Balaban J connectivity index is 3.52. The second kappa shape index (κ2) is 7.90. The zero-order valence-electron chi connectivity index (χ0n) is 13.0. The summed E-state index contributed by atoms with van der Waals surface area (Å²) < 4.78 is 4.95. The van der Waals surface area contributed by atoms with Crippen LogP contribution in [0.4, 0.5) is 0 Å². The van der Waals surface area contributed by atoms with E-state index in [1.54, 1.807) is 39.2 Å². The van der Waals surface area contributed by atoms with Crippen molar-refractivity contribution in [2.24, 2.45) is 9.98 Å². The summed E-state index contributed by atoms with van der Waals surface area (Å²) in [6.07, 6.45) is 4.29. The molecule has 6 heteroatoms. The van der Waals surface area contributed by atoms with Gasteiger partial charge < -0.3 is 4.74 Å². The van der Waals surface area contributed by atoms with E-state index in [9.17, 15) is 9.59 Å². The van der Waals surface area contributed by atoms with E-state index >= 15 is 0 Å². The summed E-state index contributed by atoms with van der Waals surface area (Å²) in [5, 5.41) is 8.67. The lowest BCUT2D eigenvalue weighted by Crippen LogP contribution is -2.06. The van der Waals surface area contributed by atoms with Gasteiger partial charge in [-0.15, -0.1) is 0 Å². The number of isocyanates is 2. The van der Waals surface area contributed by atoms with Crippen LogP contribution in [0, 0.1) is 18.4 Å². The van der Waals surface area contributed by atoms with Gasteiger partial charge in [-0.2, -0.15) is 15.2 Å². The molecule has 0 saturated heterocycles. The van der Waals surface area contributed by atoms with Gasteiger partial charge in [0.2, 0.25) is 12.2 Å². The van der Waals surface area contributed by atoms with Crippen LogP contribution in [0.3, 0.4) is 0 Å². The lowest BCUT2D eigenvalue weighted by Gasteiger charge is -2.20. The number of hydrogen-bond donors (Lipinski definition) is 0. The van der Waals surface area contributed by atoms with Crippen LogP contribution in [-0.4, -0.2) is 12.2 Å². The molecular formula is C16H17N3O3. The van der Waals surface area contributed by atoms with E-state index in [1.807, 2.05) is 19.1 Å². The van der Waals surface area contributed by atoms with Crippen molar-refractivity contribution in [3.05, 3.63) is 34.4 Å². The summed E-state index contributed by atoms with van der Waals surface area (Å²) in [4.78, 5) is 28.5. The monoisotopic (exact) mass is 299 g/mol. The van der Waals surface area contributed by atoms with Crippen molar-refractivity contribution in [1.29, 1.82) is 5.26 Å². The van der Waals surface area contributed by atoms with E-state index in [2.05, 4.69) is 9.98 Å². The predicted octanol–water partition coefficient (Wildman–Crippen LogP) is 3.35. The zero-order chi connectivity index (χ0) is 16.7. The molecule has 0 radical (unpaired) electrons. The molecule has 0 amide bonds. The minimum atomic E-state index is -0.456. The Morgan fingerprint density at radius 1 is 1.05 bits per heavy atom. The zero-order valence-corrected chi connectivity index (χ0v) is 13.0. The van der Waals surface area contributed by atoms with Gasteiger partial charge in [0.15, 0.2) is 0 Å². The van der Waals surface area contributed by atoms with Gasteiger partial charge in [0, 0.05) is 0 Å². The van der Waals surface area contributed by atoms with E-state index < -0.39 is 18.2 Å². The number of rotatable bonds is 6. The minimum absolute atomic E-state index is 0.391. The van der Waals surface area contributed by atoms with E-state index in [0.29, 0.717) is 0 Å². The molecule has 0 aliphatic carbocycles. The Bertz CT molecular complexity index is 635. The molecule has 3 atom stereocenters. The van der Waals surface area contributed by atoms with Gasteiger partial charge in [0.25, 0.3) is 6.26 Å². The van der Waals surface area contributed by atoms with E-state index in [4.69, 9.17) is 10.00 Å². The van der Waals surface area contributed by atoms with Crippen molar-refractivity contribution in [2.45, 2.75) is 45.9 Å². The second-order valence-electron chi connectivity index (χ2n) is 4.97. The Kier molecular flexibility index (Phi) is 6.22. The third-order valence-corrected chi connectivity index (χ3v) is 3.60. The smallest absolute Gasteiger partial charge is 0.286 e. The minimum Gasteiger partial charge on any atom is -0.420 e. The molecule has 6 nitrogen and oxygen atoms in total. The summed E-state index contributed by atoms with van der Waals surface area (Å²) >= 11 is 0. The summed E-state index contributed by atoms with van der Waals surface area (Å²) in [5.41, 5.74) is 3.23. The van der Waals surface area contributed by atoms with E-state index in [-0.39, 0.29) is 0 Å². The largest absolute Gasteiger partial charge is 0.420 e. The first kappa shape index (κ1) is 17.3. The SMILES string of the molecule is Cc1c(C(C)N=C=O)cc(C(C)OC#N)cc1C(C)N=C=O. The van der Waals surface area contributed by atoms with Gasteiger partial charge in [0.05, 0.1) is 12.1 Å². The standard InChI is InChI=1S/C16H17N3O3/c1-10-15(11(2)18-8-20)5-14(13(4)22-7-17)6-16(10)12(3)19-9-21/h5-6,11-13H,1-4H3. The van der Waals surface area contributed by atoms with Crippen molar-refractivity contribution in [3.8, 4) is 6.26 Å². The first-order chi connectivity index (χ1) is 10.5. The summed E-state index contributed by atoms with van der Waals surface area (Å²) in [5.74, 6) is 0. The third-order valence-electron chi connectivity index (χ3n) is 3.60. The lowest BCUT2D eigenvalue weighted by atomic mass is 9.90. The highest BCUT2D eigenvalue weighted by atomic mass is 16.5. The van der Waals surface area contributed by atoms with Crippen molar-refractivity contribution in [1.82, 2.24) is 0 Å². The molecule has 0 spiro atoms. The number of nitriles is 1. The Hall–Kier alpha value is -2.73. The Morgan fingerprint density at radius 2 is 1.50 bits per heavy atom. The molecule has 0 fully saturated rings. The molecule has 0 saturated carbocycles. The number of ether oxygens (including phenoxy) is 1. The number of hydrogen-bond acceptors (Lipinski definition) is 6. The summed E-state index contributed by atoms with van der Waals surface area (Å²) in [6, 6.07) is 2.89. The molecule has 0 aliphatic rings. The molecule has 0 bridgehead atoms. The number of nitrogens with zero attached hydrogens (tertiary/aromatic N) is 3. The van der Waals surface area contributed by atoms with E-state index in [0.717, 1.165) is 22.3 Å². The molecule has 1 rings (SSSR count). The average Bonchev–Trinajstić information content (AvgIpc) is 2.48. The summed E-state index contributed by atoms with van der Waals surface area (Å²) in [7, 11) is 0. The normalized spacial score (nSPS) is 13.8. The van der Waals surface area contributed by atoms with Crippen LogP contribution in [0.1, 0.15) is 61.2 Å². The molecular weight excluding hydrogens is 282 g/mol. The average molecular weight is 299 g/mol. The highest BCUT2D eigenvalue weighted by molar-refractivity contribution is 5.45. The van der Waals surface area contributed by atoms with Gasteiger partial charge in [-0.05, 0) is 62.1 Å². The fourth-order valence-electron chi connectivity index (χ4n) is 2.33. The van der Waals surface area contributed by atoms with Crippen LogP contribution in [0.25, 0.3) is 0 Å². The molecule has 3 unspecified atom stereocenters. The molecule has 1 aromatic carbocycles. The van der Waals surface area contributed by atoms with Gasteiger partial charge in [-0.25, -0.2) is 9.59 Å². The first-order valence-corrected chi connectivity index (χ1v) is 6.79. The molecule has 114 valence electrons. The molecule has 22 heavy (non-hydrogen) atoms. The van der Waals surface area contributed by atoms with Crippen LogP contribution in [0.5, 0.6) is 0 Å². The van der Waals surface area contributed by atoms with Gasteiger partial charge in [-0.1, -0.05) is 0 Å². The molecule has 1 aromatic rings. The van der Waals surface area contributed by atoms with Crippen molar-refractivity contribution < 1.29 is 14.3 Å². The number of benzene rings is 1. The summed E-state index contributed by atoms with van der Waals surface area (Å²) in [6.45, 7) is 7.15. The maximum atomic E-state index is 10.5. The van der Waals surface area contributed by atoms with Crippen molar-refractivity contribution in [3.63, 3.8) is 0 Å². The van der Waals surface area contributed by atoms with Crippen LogP contribution in [-0.2, 0) is 14.3 Å². The van der Waals surface area contributed by atoms with Gasteiger partial charge in [0.1, 0.15) is 6.10 Å². The maximum absolute atomic E-state index is 10.5. The number of aliphatic imine (C=N–C) groups is 2. The number of carbonyl (C=O) groups excluding carboxylic acids is 2. The Morgan fingerprint density at radius 3 is 1.86 bits per heavy atom. The molecule has 0 N–H and O–H groups in total.